The molecule has 135 heavy (non-hydrogen) atoms. The molecule has 0 N–H and O–H groups in total. The van der Waals surface area contributed by atoms with Gasteiger partial charge in [0.15, 0.2) is 0 Å². The molecular formula is C111H150O24. The second-order valence-electron chi connectivity index (χ2n) is 35.7. The molecule has 8 aromatic rings. The number of carbonyl (C=O) groups is 12. The molecule has 0 radical (unpaired) electrons. The molecule has 0 saturated carbocycles. The highest BCUT2D eigenvalue weighted by atomic mass is 16.6. The van der Waals surface area contributed by atoms with Crippen LogP contribution in [0.3, 0.4) is 0 Å². The third-order valence-corrected chi connectivity index (χ3v) is 23.5. The fraction of sp³-hybridized carbons (Fsp3) is 0.532. The quantitative estimate of drug-likeness (QED) is 0.0194. The number of hydrogen-bond acceptors (Lipinski definition) is 24. The number of rotatable bonds is 60. The molecule has 0 amide bonds. The zero-order chi connectivity index (χ0) is 98.3. The molecule has 1 unspecified atom stereocenters. The average molecular weight is 1870 g/mol. The second kappa shape index (κ2) is 66.0. The van der Waals surface area contributed by atoms with Gasteiger partial charge in [-0.05, 0) is 210 Å². The van der Waals surface area contributed by atoms with Gasteiger partial charge in [0, 0.05) is 25.7 Å². The summed E-state index contributed by atoms with van der Waals surface area (Å²) < 4.78 is 62.7. The molecule has 8 aromatic carbocycles. The number of hydrogen-bond donors (Lipinski definition) is 0. The highest BCUT2D eigenvalue weighted by Gasteiger charge is 2.30. The van der Waals surface area contributed by atoms with E-state index in [-0.39, 0.29) is 163 Å². The number of carbonyl (C=O) groups excluding carboxylic acids is 12. The fourth-order valence-corrected chi connectivity index (χ4v) is 13.5. The largest absolute Gasteiger partial charge is 0.466 e. The van der Waals surface area contributed by atoms with Gasteiger partial charge in [0.25, 0.3) is 0 Å². The van der Waals surface area contributed by atoms with Crippen molar-refractivity contribution in [3.05, 3.63) is 192 Å². The van der Waals surface area contributed by atoms with Gasteiger partial charge in [-0.25, -0.2) is 0 Å². The number of benzene rings is 8. The van der Waals surface area contributed by atoms with Crippen molar-refractivity contribution in [2.45, 2.75) is 282 Å². The summed E-state index contributed by atoms with van der Waals surface area (Å²) in [5, 5.41) is 8.79. The van der Waals surface area contributed by atoms with Crippen molar-refractivity contribution in [3.8, 4) is 0 Å². The zero-order valence-electron chi connectivity index (χ0n) is 82.2. The maximum absolute atomic E-state index is 12.2. The van der Waals surface area contributed by atoms with Crippen molar-refractivity contribution in [3.63, 3.8) is 0 Å². The van der Waals surface area contributed by atoms with Gasteiger partial charge in [0.1, 0.15) is 13.2 Å². The van der Waals surface area contributed by atoms with Gasteiger partial charge >= 0.3 is 71.6 Å². The summed E-state index contributed by atoms with van der Waals surface area (Å²) >= 11 is 0. The van der Waals surface area contributed by atoms with Crippen LogP contribution in [-0.2, 0) is 140 Å². The third-order valence-electron chi connectivity index (χ3n) is 23.5. The van der Waals surface area contributed by atoms with Crippen LogP contribution in [0.15, 0.2) is 170 Å². The van der Waals surface area contributed by atoms with Crippen LogP contribution in [-0.4, -0.2) is 151 Å². The number of unbranched alkanes of at least 4 members (excludes halogenated alkanes) is 13. The van der Waals surface area contributed by atoms with Crippen molar-refractivity contribution in [1.82, 2.24) is 0 Å². The summed E-state index contributed by atoms with van der Waals surface area (Å²) in [4.78, 5) is 143. The van der Waals surface area contributed by atoms with E-state index in [0.717, 1.165) is 136 Å². The van der Waals surface area contributed by atoms with Gasteiger partial charge in [0.2, 0.25) is 0 Å². The summed E-state index contributed by atoms with van der Waals surface area (Å²) in [5.41, 5.74) is 2.33. The van der Waals surface area contributed by atoms with Gasteiger partial charge in [-0.2, -0.15) is 0 Å². The maximum atomic E-state index is 12.2. The Morgan fingerprint density at radius 1 is 0.237 bits per heavy atom. The van der Waals surface area contributed by atoms with E-state index in [0.29, 0.717) is 90.8 Å². The summed E-state index contributed by atoms with van der Waals surface area (Å²) in [7, 11) is 0. The molecule has 1 atom stereocenters. The van der Waals surface area contributed by atoms with Crippen LogP contribution < -0.4 is 0 Å². The molecular weight excluding hydrogens is 1720 g/mol. The number of esters is 12. The molecule has 738 valence electrons. The van der Waals surface area contributed by atoms with E-state index in [1.54, 1.807) is 0 Å². The molecule has 0 aromatic heterocycles. The first kappa shape index (κ1) is 114. The van der Waals surface area contributed by atoms with E-state index in [4.69, 9.17) is 56.8 Å². The van der Waals surface area contributed by atoms with Gasteiger partial charge < -0.3 is 56.8 Å². The monoisotopic (exact) mass is 1870 g/mol. The Balaban J connectivity index is 0.000000320. The molecule has 8 rings (SSSR count). The molecule has 0 aliphatic heterocycles. The van der Waals surface area contributed by atoms with E-state index in [1.807, 2.05) is 228 Å². The van der Waals surface area contributed by atoms with Gasteiger partial charge in [-0.1, -0.05) is 256 Å². The molecule has 0 bridgehead atoms. The Labute approximate surface area is 800 Å². The Hall–Kier alpha value is -11.6. The highest BCUT2D eigenvalue weighted by molar-refractivity contribution is 5.92. The number of ether oxygens (including phenoxy) is 12. The molecule has 0 aliphatic rings. The van der Waals surface area contributed by atoms with Gasteiger partial charge in [0.05, 0.1) is 114 Å². The van der Waals surface area contributed by atoms with Crippen LogP contribution in [0.5, 0.6) is 0 Å². The van der Waals surface area contributed by atoms with E-state index in [9.17, 15) is 57.5 Å². The molecule has 0 saturated heterocycles. The third kappa shape index (κ3) is 48.0. The Kier molecular flexibility index (Phi) is 55.7. The molecule has 0 fully saturated rings. The Morgan fingerprint density at radius 2 is 0.481 bits per heavy atom. The first-order valence-corrected chi connectivity index (χ1v) is 48.8. The predicted octanol–water partition coefficient (Wildman–Crippen LogP) is 22.8. The molecule has 24 heteroatoms. The van der Waals surface area contributed by atoms with Crippen LogP contribution in [0.25, 0.3) is 43.1 Å². The summed E-state index contributed by atoms with van der Waals surface area (Å²) in [5.74, 6) is -3.26. The first-order valence-electron chi connectivity index (χ1n) is 48.8. The first-order chi connectivity index (χ1) is 65.0. The molecule has 24 nitrogen and oxygen atoms in total. The minimum atomic E-state index is -0.517. The fourth-order valence-electron chi connectivity index (χ4n) is 13.5. The van der Waals surface area contributed by atoms with Crippen molar-refractivity contribution < 1.29 is 114 Å². The van der Waals surface area contributed by atoms with E-state index in [2.05, 4.69) is 18.2 Å². The van der Waals surface area contributed by atoms with Crippen LogP contribution in [0.1, 0.15) is 278 Å². The van der Waals surface area contributed by atoms with E-state index in [1.165, 1.54) is 32.1 Å². The maximum Gasteiger partial charge on any atom is 0.311 e. The van der Waals surface area contributed by atoms with Crippen molar-refractivity contribution in [2.75, 3.05) is 79.3 Å². The molecule has 0 aliphatic carbocycles. The SMILES string of the molecule is CCC(C)(C)C(=O)OCCCC(=O)OCCCCCCCCCCCCOC(=O)Cc1cccc2ccccc12.CCC(C)(C)C(=O)OCCCC(=O)OCCCCOC(=O)Cc1cccc2ccccc12.CCC(C)(C)C(=O)OCCCC(=O)OCCOC(=O)Cc1cccc2ccccc12.CCC(C)C(=O)OCCCC(=O)OCCCCCCOC(=O)Cc1ccc2ccccc2c1. The second-order valence-corrected chi connectivity index (χ2v) is 35.7. The van der Waals surface area contributed by atoms with Crippen LogP contribution in [0.2, 0.25) is 0 Å². The van der Waals surface area contributed by atoms with Crippen molar-refractivity contribution in [1.29, 1.82) is 0 Å². The van der Waals surface area contributed by atoms with Gasteiger partial charge in [-0.15, -0.1) is 0 Å². The average Bonchev–Trinajstić information content (AvgIpc) is 0.835. The van der Waals surface area contributed by atoms with Crippen molar-refractivity contribution >= 4 is 115 Å². The van der Waals surface area contributed by atoms with E-state index >= 15 is 0 Å². The van der Waals surface area contributed by atoms with Crippen LogP contribution in [0, 0.1) is 22.2 Å². The lowest BCUT2D eigenvalue weighted by Gasteiger charge is -2.20. The lowest BCUT2D eigenvalue weighted by molar-refractivity contribution is -0.156. The minimum Gasteiger partial charge on any atom is -0.466 e. The van der Waals surface area contributed by atoms with E-state index < -0.39 is 22.2 Å². The lowest BCUT2D eigenvalue weighted by atomic mass is 9.91. The highest BCUT2D eigenvalue weighted by Crippen LogP contribution is 2.28. The van der Waals surface area contributed by atoms with Crippen LogP contribution >= 0.6 is 0 Å². The smallest absolute Gasteiger partial charge is 0.311 e. The molecule has 0 spiro atoms. The topological polar surface area (TPSA) is 316 Å². The van der Waals surface area contributed by atoms with Crippen LogP contribution in [0.4, 0.5) is 0 Å². The lowest BCUT2D eigenvalue weighted by Crippen LogP contribution is -2.26. The van der Waals surface area contributed by atoms with Gasteiger partial charge in [-0.3, -0.25) is 57.5 Å². The normalized spacial score (nSPS) is 11.4. The van der Waals surface area contributed by atoms with Crippen molar-refractivity contribution in [2.24, 2.45) is 22.2 Å². The Bertz CT molecular complexity index is 4890. The Morgan fingerprint density at radius 3 is 0.800 bits per heavy atom. The molecule has 0 heterocycles. The summed E-state index contributed by atoms with van der Waals surface area (Å²) in [6.45, 7) is 23.9. The summed E-state index contributed by atoms with van der Waals surface area (Å²) in [6.07, 6.45) is 22.4. The standard InChI is InChI=1S/C34H50O6.C27H36O6.C26H34O6.C24H30O6/c1-4-34(2,3)33(37)40-26-18-23-31(35)38-24-15-11-9-7-5-6-8-10-12-16-25-39-32(36)27-29-21-17-20-28-19-13-14-22-30(28)29;1-3-21(2)27(30)33-18-10-13-25(28)31-16-8-4-5-9-17-32-26(29)20-22-14-15-23-11-6-7-12-24(23)19-22;1-4-26(2,3)25(29)32-18-10-15-23(27)30-16-7-8-17-31-24(28)19-21-13-9-12-20-11-5-6-14-22(20)21;1-4-24(2,3)23(27)30-14-8-13-21(25)28-15-16-29-22(26)17-19-11-7-10-18-9-5-6-12-20(18)19/h13-14,17,19-22H,4-12,15-16,18,23-27H2,1-3H3;6-7,11-12,14-15,19,21H,3-5,8-10,13,16-18,20H2,1-2H3;5-6,9,11-14H,4,7-8,10,15-19H2,1-3H3;5-7,9-12H,4,8,13-17H2,1-3H3. The number of fused-ring (bicyclic) bond motifs is 4. The summed E-state index contributed by atoms with van der Waals surface area (Å²) in [6, 6.07) is 55.8. The zero-order valence-corrected chi connectivity index (χ0v) is 82.2. The predicted molar refractivity (Wildman–Crippen MR) is 525 cm³/mol. The minimum absolute atomic E-state index is 0.00274.